The Kier molecular flexibility index (Phi) is 3.23. The minimum absolute atomic E-state index is 0.139. The molecule has 4 nitrogen and oxygen atoms in total. The molecule has 1 aromatic carbocycles. The number of rotatable bonds is 4. The molecule has 88 valence electrons. The van der Waals surface area contributed by atoms with Crippen molar-refractivity contribution in [1.82, 2.24) is 5.16 Å². The minimum atomic E-state index is -0.922. The van der Waals surface area contributed by atoms with E-state index in [1.165, 1.54) is 5.56 Å². The number of carboxylic acids is 1. The zero-order valence-corrected chi connectivity index (χ0v) is 9.51. The van der Waals surface area contributed by atoms with Gasteiger partial charge >= 0.3 is 5.97 Å². The van der Waals surface area contributed by atoms with Crippen molar-refractivity contribution in [2.45, 2.75) is 19.8 Å². The Balaban J connectivity index is 2.21. The van der Waals surface area contributed by atoms with Crippen LogP contribution < -0.4 is 0 Å². The summed E-state index contributed by atoms with van der Waals surface area (Å²) >= 11 is 0. The van der Waals surface area contributed by atoms with Crippen LogP contribution in [0.15, 0.2) is 34.9 Å². The quantitative estimate of drug-likeness (QED) is 0.878. The lowest BCUT2D eigenvalue weighted by Crippen LogP contribution is -1.97. The number of aromatic nitrogens is 1. The number of benzene rings is 1. The summed E-state index contributed by atoms with van der Waals surface area (Å²) in [6, 6.07) is 9.64. The smallest absolute Gasteiger partial charge is 0.311 e. The standard InChI is InChI=1S/C13H13NO3/c1-2-9-3-5-10(6-4-9)12-7-11(17-14-12)8-13(15)16/h3-7H,2,8H2,1H3,(H,15,16). The third-order valence-electron chi connectivity index (χ3n) is 2.54. The molecule has 2 rings (SSSR count). The van der Waals surface area contributed by atoms with Crippen LogP contribution in [0, 0.1) is 0 Å². The monoisotopic (exact) mass is 231 g/mol. The first-order valence-electron chi connectivity index (χ1n) is 5.45. The van der Waals surface area contributed by atoms with Crippen molar-refractivity contribution in [2.24, 2.45) is 0 Å². The highest BCUT2D eigenvalue weighted by Crippen LogP contribution is 2.20. The van der Waals surface area contributed by atoms with Crippen LogP contribution >= 0.6 is 0 Å². The maximum absolute atomic E-state index is 10.5. The van der Waals surface area contributed by atoms with Crippen LogP contribution in [0.25, 0.3) is 11.3 Å². The number of aryl methyl sites for hydroxylation is 1. The van der Waals surface area contributed by atoms with E-state index in [0.29, 0.717) is 11.5 Å². The Bertz CT molecular complexity index is 514. The van der Waals surface area contributed by atoms with E-state index < -0.39 is 5.97 Å². The van der Waals surface area contributed by atoms with E-state index >= 15 is 0 Å². The molecular formula is C13H13NO3. The summed E-state index contributed by atoms with van der Waals surface area (Å²) in [4.78, 5) is 10.5. The van der Waals surface area contributed by atoms with E-state index in [4.69, 9.17) is 9.63 Å². The lowest BCUT2D eigenvalue weighted by atomic mass is 10.1. The summed E-state index contributed by atoms with van der Waals surface area (Å²) in [5, 5.41) is 12.5. The molecule has 0 bridgehead atoms. The topological polar surface area (TPSA) is 63.3 Å². The maximum Gasteiger partial charge on any atom is 0.311 e. The van der Waals surface area contributed by atoms with Gasteiger partial charge in [0.15, 0.2) is 0 Å². The van der Waals surface area contributed by atoms with Crippen molar-refractivity contribution < 1.29 is 14.4 Å². The molecule has 2 aromatic rings. The molecule has 0 fully saturated rings. The molecule has 0 saturated carbocycles. The summed E-state index contributed by atoms with van der Waals surface area (Å²) in [7, 11) is 0. The van der Waals surface area contributed by atoms with Crippen molar-refractivity contribution >= 4 is 5.97 Å². The summed E-state index contributed by atoms with van der Waals surface area (Å²) in [5.41, 5.74) is 2.86. The van der Waals surface area contributed by atoms with Gasteiger partial charge in [-0.25, -0.2) is 0 Å². The SMILES string of the molecule is CCc1ccc(-c2cc(CC(=O)O)on2)cc1. The van der Waals surface area contributed by atoms with Crippen molar-refractivity contribution in [3.05, 3.63) is 41.7 Å². The third kappa shape index (κ3) is 2.72. The number of hydrogen-bond donors (Lipinski definition) is 1. The van der Waals surface area contributed by atoms with Gasteiger partial charge in [0.05, 0.1) is 0 Å². The number of carbonyl (C=O) groups is 1. The highest BCUT2D eigenvalue weighted by Gasteiger charge is 2.09. The van der Waals surface area contributed by atoms with Crippen LogP contribution in [0.2, 0.25) is 0 Å². The van der Waals surface area contributed by atoms with E-state index in [9.17, 15) is 4.79 Å². The Morgan fingerprint density at radius 2 is 2.06 bits per heavy atom. The maximum atomic E-state index is 10.5. The van der Waals surface area contributed by atoms with Crippen LogP contribution in [-0.4, -0.2) is 16.2 Å². The van der Waals surface area contributed by atoms with Gasteiger partial charge in [0, 0.05) is 11.6 Å². The summed E-state index contributed by atoms with van der Waals surface area (Å²) < 4.78 is 4.96. The van der Waals surface area contributed by atoms with Gasteiger partial charge < -0.3 is 9.63 Å². The Morgan fingerprint density at radius 1 is 1.35 bits per heavy atom. The van der Waals surface area contributed by atoms with Crippen molar-refractivity contribution in [2.75, 3.05) is 0 Å². The van der Waals surface area contributed by atoms with E-state index in [-0.39, 0.29) is 6.42 Å². The van der Waals surface area contributed by atoms with Gasteiger partial charge in [-0.1, -0.05) is 36.3 Å². The largest absolute Gasteiger partial charge is 0.481 e. The van der Waals surface area contributed by atoms with Crippen LogP contribution in [0.5, 0.6) is 0 Å². The average Bonchev–Trinajstić information content (AvgIpc) is 2.77. The molecule has 0 amide bonds. The molecule has 0 saturated heterocycles. The lowest BCUT2D eigenvalue weighted by molar-refractivity contribution is -0.136. The van der Waals surface area contributed by atoms with E-state index in [2.05, 4.69) is 12.1 Å². The van der Waals surface area contributed by atoms with Gasteiger partial charge in [-0.2, -0.15) is 0 Å². The molecule has 1 aromatic heterocycles. The van der Waals surface area contributed by atoms with Gasteiger partial charge in [-0.3, -0.25) is 4.79 Å². The van der Waals surface area contributed by atoms with Crippen molar-refractivity contribution in [3.8, 4) is 11.3 Å². The fourth-order valence-corrected chi connectivity index (χ4v) is 1.59. The second kappa shape index (κ2) is 4.82. The molecule has 17 heavy (non-hydrogen) atoms. The molecule has 0 unspecified atom stereocenters. The van der Waals surface area contributed by atoms with Crippen molar-refractivity contribution in [3.63, 3.8) is 0 Å². The van der Waals surface area contributed by atoms with Gasteiger partial charge in [0.2, 0.25) is 0 Å². The predicted octanol–water partition coefficient (Wildman–Crippen LogP) is 2.53. The van der Waals surface area contributed by atoms with Gasteiger partial charge in [0.1, 0.15) is 17.9 Å². The Morgan fingerprint density at radius 3 is 2.65 bits per heavy atom. The normalized spacial score (nSPS) is 10.4. The van der Waals surface area contributed by atoms with Crippen molar-refractivity contribution in [1.29, 1.82) is 0 Å². The molecule has 4 heteroatoms. The second-order valence-corrected chi connectivity index (χ2v) is 3.80. The molecule has 0 atom stereocenters. The summed E-state index contributed by atoms with van der Waals surface area (Å²) in [6.07, 6.45) is 0.851. The highest BCUT2D eigenvalue weighted by atomic mass is 16.5. The number of carboxylic acid groups (broad SMARTS) is 1. The number of aliphatic carboxylic acids is 1. The third-order valence-corrected chi connectivity index (χ3v) is 2.54. The first-order chi connectivity index (χ1) is 8.19. The van der Waals surface area contributed by atoms with Gasteiger partial charge in [-0.05, 0) is 12.0 Å². The second-order valence-electron chi connectivity index (χ2n) is 3.80. The lowest BCUT2D eigenvalue weighted by Gasteiger charge is -1.97. The molecule has 1 N–H and O–H groups in total. The first-order valence-corrected chi connectivity index (χ1v) is 5.45. The molecule has 0 aliphatic carbocycles. The summed E-state index contributed by atoms with van der Waals surface area (Å²) in [5.74, 6) is -0.555. The van der Waals surface area contributed by atoms with Crippen LogP contribution in [0.1, 0.15) is 18.2 Å². The van der Waals surface area contributed by atoms with Gasteiger partial charge in [-0.15, -0.1) is 0 Å². The summed E-state index contributed by atoms with van der Waals surface area (Å²) in [6.45, 7) is 2.09. The predicted molar refractivity (Wildman–Crippen MR) is 62.7 cm³/mol. The molecule has 0 aliphatic rings. The highest BCUT2D eigenvalue weighted by molar-refractivity contribution is 5.70. The molecule has 1 heterocycles. The minimum Gasteiger partial charge on any atom is -0.481 e. The zero-order chi connectivity index (χ0) is 12.3. The van der Waals surface area contributed by atoms with Crippen LogP contribution in [-0.2, 0) is 17.6 Å². The zero-order valence-electron chi connectivity index (χ0n) is 9.51. The average molecular weight is 231 g/mol. The molecule has 0 spiro atoms. The fourth-order valence-electron chi connectivity index (χ4n) is 1.59. The number of hydrogen-bond acceptors (Lipinski definition) is 3. The number of nitrogens with zero attached hydrogens (tertiary/aromatic N) is 1. The fraction of sp³-hybridized carbons (Fsp3) is 0.231. The van der Waals surface area contributed by atoms with E-state index in [1.54, 1.807) is 6.07 Å². The molecular weight excluding hydrogens is 218 g/mol. The Hall–Kier alpha value is -2.10. The molecule has 0 aliphatic heterocycles. The first kappa shape index (κ1) is 11.4. The van der Waals surface area contributed by atoms with E-state index in [0.717, 1.165) is 12.0 Å². The van der Waals surface area contributed by atoms with Crippen LogP contribution in [0.3, 0.4) is 0 Å². The van der Waals surface area contributed by atoms with Gasteiger partial charge in [0.25, 0.3) is 0 Å². The van der Waals surface area contributed by atoms with Crippen LogP contribution in [0.4, 0.5) is 0 Å². The van der Waals surface area contributed by atoms with E-state index in [1.807, 2.05) is 24.3 Å². The molecule has 0 radical (unpaired) electrons. The Labute approximate surface area is 98.9 Å².